The van der Waals surface area contributed by atoms with Crippen LogP contribution >= 0.6 is 0 Å². The number of ether oxygens (including phenoxy) is 1. The fourth-order valence-corrected chi connectivity index (χ4v) is 9.30. The van der Waals surface area contributed by atoms with Crippen molar-refractivity contribution in [3.63, 3.8) is 0 Å². The van der Waals surface area contributed by atoms with E-state index in [2.05, 4.69) is 188 Å². The number of rotatable bonds is 4. The highest BCUT2D eigenvalue weighted by atomic mass is 16.5. The lowest BCUT2D eigenvalue weighted by Crippen LogP contribution is -2.37. The van der Waals surface area contributed by atoms with Crippen LogP contribution < -0.4 is 4.74 Å². The van der Waals surface area contributed by atoms with Gasteiger partial charge < -0.3 is 4.74 Å². The lowest BCUT2D eigenvalue weighted by Gasteiger charge is -2.43. The molecule has 3 atom stereocenters. The van der Waals surface area contributed by atoms with E-state index in [0.717, 1.165) is 50.7 Å². The Morgan fingerprint density at radius 1 is 0.463 bits per heavy atom. The summed E-state index contributed by atoms with van der Waals surface area (Å²) in [6.45, 7) is 0. The molecule has 7 aromatic carbocycles. The number of nitrogens with zero attached hydrogens (tertiary/aromatic N) is 2. The first-order valence-corrected chi connectivity index (χ1v) is 18.7. The average molecular weight is 691 g/mol. The fourth-order valence-electron chi connectivity index (χ4n) is 9.30. The van der Waals surface area contributed by atoms with Crippen LogP contribution in [0.4, 0.5) is 0 Å². The van der Waals surface area contributed by atoms with Crippen LogP contribution in [0, 0.1) is 5.92 Å². The fraction of sp³-hybridized carbons (Fsp3) is 0.0588. The predicted octanol–water partition coefficient (Wildman–Crippen LogP) is 12.6. The molecule has 8 aromatic rings. The third-order valence-electron chi connectivity index (χ3n) is 11.6. The van der Waals surface area contributed by atoms with Crippen molar-refractivity contribution in [3.05, 3.63) is 216 Å². The maximum atomic E-state index is 6.72. The van der Waals surface area contributed by atoms with Crippen LogP contribution in [-0.4, -0.2) is 9.97 Å². The first-order valence-electron chi connectivity index (χ1n) is 18.7. The molecule has 3 unspecified atom stereocenters. The number of fused-ring (bicyclic) bond motifs is 10. The summed E-state index contributed by atoms with van der Waals surface area (Å²) in [6.07, 6.45) is 9.20. The molecule has 1 aromatic heterocycles. The van der Waals surface area contributed by atoms with E-state index in [1.807, 2.05) is 6.07 Å². The second-order valence-electron chi connectivity index (χ2n) is 14.5. The van der Waals surface area contributed by atoms with Crippen LogP contribution in [0.3, 0.4) is 0 Å². The van der Waals surface area contributed by atoms with Crippen molar-refractivity contribution in [1.82, 2.24) is 9.97 Å². The average Bonchev–Trinajstić information content (AvgIpc) is 3.54. The number of aromatic nitrogens is 2. The molecule has 0 saturated heterocycles. The third-order valence-corrected chi connectivity index (χ3v) is 11.6. The van der Waals surface area contributed by atoms with Crippen molar-refractivity contribution in [2.45, 2.75) is 11.3 Å². The number of allylic oxidation sites excluding steroid dienone is 4. The second-order valence-corrected chi connectivity index (χ2v) is 14.5. The van der Waals surface area contributed by atoms with E-state index in [0.29, 0.717) is 5.82 Å². The zero-order valence-electron chi connectivity index (χ0n) is 29.4. The van der Waals surface area contributed by atoms with Gasteiger partial charge in [0.05, 0.1) is 16.8 Å². The van der Waals surface area contributed by atoms with Gasteiger partial charge in [-0.15, -0.1) is 0 Å². The Hall–Kier alpha value is -6.84. The van der Waals surface area contributed by atoms with E-state index in [1.165, 1.54) is 33.0 Å². The van der Waals surface area contributed by atoms with Gasteiger partial charge >= 0.3 is 0 Å². The highest BCUT2D eigenvalue weighted by Crippen LogP contribution is 2.64. The first kappa shape index (κ1) is 30.8. The molecule has 2 aliphatic carbocycles. The summed E-state index contributed by atoms with van der Waals surface area (Å²) < 4.78 is 6.72. The standard InChI is InChI=1S/C51H34N2O/c1-2-15-34(16-3-1)46-32-47(41-23-13-17-33-14-4-5-20-38(33)41)53-50(52-46)37-19-12-18-35(30-37)36-28-29-49-45(31-36)51(44-26-10-11-27-48(44)54-49)42-24-8-6-21-39(42)40-22-7-9-25-43(40)51/h1-32,39,42H. The number of para-hydroxylation sites is 1. The lowest BCUT2D eigenvalue weighted by molar-refractivity contribution is 0.374. The molecular formula is C51H34N2O. The SMILES string of the molecule is C1=CC2c3ccccc3C3(c4ccccc4Oc4ccc(-c5cccc(-c6nc(-c7ccccc7)cc(-c7cccc8ccccc78)n6)c5)cc43)C2C=C1. The second kappa shape index (κ2) is 12.1. The molecule has 254 valence electrons. The summed E-state index contributed by atoms with van der Waals surface area (Å²) in [4.78, 5) is 10.5. The van der Waals surface area contributed by atoms with E-state index < -0.39 is 5.41 Å². The molecule has 0 amide bonds. The number of hydrogen-bond donors (Lipinski definition) is 0. The number of benzene rings is 7. The minimum absolute atomic E-state index is 0.215. The van der Waals surface area contributed by atoms with Gasteiger partial charge in [-0.2, -0.15) is 0 Å². The first-order chi connectivity index (χ1) is 26.8. The van der Waals surface area contributed by atoms with E-state index in [9.17, 15) is 0 Å². The summed E-state index contributed by atoms with van der Waals surface area (Å²) in [6, 6.07) is 60.4. The smallest absolute Gasteiger partial charge is 0.160 e. The molecule has 0 saturated carbocycles. The van der Waals surface area contributed by atoms with Crippen LogP contribution in [0.5, 0.6) is 11.5 Å². The van der Waals surface area contributed by atoms with Crippen molar-refractivity contribution < 1.29 is 4.74 Å². The summed E-state index contributed by atoms with van der Waals surface area (Å²) >= 11 is 0. The topological polar surface area (TPSA) is 35.0 Å². The van der Waals surface area contributed by atoms with Gasteiger partial charge in [0.2, 0.25) is 0 Å². The number of hydrogen-bond acceptors (Lipinski definition) is 3. The molecule has 0 N–H and O–H groups in total. The van der Waals surface area contributed by atoms with Crippen molar-refractivity contribution in [3.8, 4) is 56.5 Å². The largest absolute Gasteiger partial charge is 0.457 e. The molecule has 54 heavy (non-hydrogen) atoms. The third kappa shape index (κ3) is 4.61. The minimum atomic E-state index is -0.402. The zero-order valence-corrected chi connectivity index (χ0v) is 29.4. The molecule has 0 radical (unpaired) electrons. The lowest BCUT2D eigenvalue weighted by atomic mass is 9.61. The van der Waals surface area contributed by atoms with Crippen LogP contribution in [0.25, 0.3) is 55.8 Å². The van der Waals surface area contributed by atoms with Gasteiger partial charge in [-0.25, -0.2) is 9.97 Å². The Kier molecular flexibility index (Phi) is 6.90. The summed E-state index contributed by atoms with van der Waals surface area (Å²) in [5.41, 5.74) is 11.9. The molecular weight excluding hydrogens is 657 g/mol. The summed E-state index contributed by atoms with van der Waals surface area (Å²) in [5.74, 6) is 3.02. The highest BCUT2D eigenvalue weighted by Gasteiger charge is 2.56. The zero-order chi connectivity index (χ0) is 35.6. The normalized spacial score (nSPS) is 18.8. The Balaban J connectivity index is 1.08. The maximum Gasteiger partial charge on any atom is 0.160 e. The molecule has 0 bridgehead atoms. The van der Waals surface area contributed by atoms with Gasteiger partial charge in [-0.3, -0.25) is 0 Å². The van der Waals surface area contributed by atoms with Crippen LogP contribution in [0.15, 0.2) is 194 Å². The van der Waals surface area contributed by atoms with Crippen LogP contribution in [0.2, 0.25) is 0 Å². The molecule has 11 rings (SSSR count). The van der Waals surface area contributed by atoms with E-state index in [4.69, 9.17) is 14.7 Å². The van der Waals surface area contributed by atoms with Gasteiger partial charge in [0.25, 0.3) is 0 Å². The Morgan fingerprint density at radius 2 is 1.15 bits per heavy atom. The van der Waals surface area contributed by atoms with Crippen molar-refractivity contribution in [2.75, 3.05) is 0 Å². The molecule has 0 fully saturated rings. The van der Waals surface area contributed by atoms with Gasteiger partial charge in [0, 0.05) is 39.7 Å². The Bertz CT molecular complexity index is 2830. The van der Waals surface area contributed by atoms with E-state index in [-0.39, 0.29) is 11.8 Å². The van der Waals surface area contributed by atoms with Gasteiger partial charge in [-0.05, 0) is 63.4 Å². The van der Waals surface area contributed by atoms with Crippen molar-refractivity contribution in [1.29, 1.82) is 0 Å². The Labute approximate surface area is 314 Å². The van der Waals surface area contributed by atoms with Crippen LogP contribution in [-0.2, 0) is 5.41 Å². The quantitative estimate of drug-likeness (QED) is 0.184. The van der Waals surface area contributed by atoms with Crippen molar-refractivity contribution in [2.24, 2.45) is 5.92 Å². The summed E-state index contributed by atoms with van der Waals surface area (Å²) in [5, 5.41) is 2.36. The monoisotopic (exact) mass is 690 g/mol. The molecule has 3 aliphatic rings. The molecule has 3 heteroatoms. The predicted molar refractivity (Wildman–Crippen MR) is 219 cm³/mol. The van der Waals surface area contributed by atoms with Crippen molar-refractivity contribution >= 4 is 10.8 Å². The minimum Gasteiger partial charge on any atom is -0.457 e. The molecule has 2 heterocycles. The molecule has 1 aliphatic heterocycles. The molecule has 3 nitrogen and oxygen atoms in total. The van der Waals surface area contributed by atoms with E-state index >= 15 is 0 Å². The maximum absolute atomic E-state index is 6.72. The Morgan fingerprint density at radius 3 is 2.09 bits per heavy atom. The molecule has 1 spiro atoms. The van der Waals surface area contributed by atoms with E-state index in [1.54, 1.807) is 0 Å². The summed E-state index contributed by atoms with van der Waals surface area (Å²) in [7, 11) is 0. The van der Waals surface area contributed by atoms with Crippen LogP contribution in [0.1, 0.15) is 28.2 Å². The van der Waals surface area contributed by atoms with Gasteiger partial charge in [0.15, 0.2) is 5.82 Å². The highest BCUT2D eigenvalue weighted by molar-refractivity contribution is 5.96. The van der Waals surface area contributed by atoms with Gasteiger partial charge in [0.1, 0.15) is 11.5 Å². The van der Waals surface area contributed by atoms with Gasteiger partial charge in [-0.1, -0.05) is 164 Å².